The summed E-state index contributed by atoms with van der Waals surface area (Å²) in [6.07, 6.45) is 3.48. The number of hydrogen-bond acceptors (Lipinski definition) is 4. The summed E-state index contributed by atoms with van der Waals surface area (Å²) >= 11 is 2.24. The third-order valence-electron chi connectivity index (χ3n) is 3.44. The minimum Gasteiger partial charge on any atom is -0.376 e. The molecular weight excluding hydrogens is 393 g/mol. The molecule has 0 bridgehead atoms. The van der Waals surface area contributed by atoms with Crippen molar-refractivity contribution in [2.45, 2.75) is 25.9 Å². The first kappa shape index (κ1) is 16.8. The van der Waals surface area contributed by atoms with Crippen LogP contribution in [-0.2, 0) is 9.53 Å². The van der Waals surface area contributed by atoms with Crippen molar-refractivity contribution < 1.29 is 9.53 Å². The van der Waals surface area contributed by atoms with Gasteiger partial charge in [0.25, 0.3) is 5.91 Å². The Balaban J connectivity index is 1.94. The number of amides is 1. The molecule has 1 aromatic carbocycles. The fourth-order valence-electron chi connectivity index (χ4n) is 2.19. The number of halogens is 1. The summed E-state index contributed by atoms with van der Waals surface area (Å²) in [4.78, 5) is 12.0. The Hall–Kier alpha value is -1.59. The zero-order valence-electron chi connectivity index (χ0n) is 12.4. The molecule has 1 saturated heterocycles. The summed E-state index contributed by atoms with van der Waals surface area (Å²) < 4.78 is 6.58. The molecule has 0 radical (unpaired) electrons. The van der Waals surface area contributed by atoms with Crippen LogP contribution in [0.5, 0.6) is 0 Å². The first-order chi connectivity index (χ1) is 10.6. The number of carbonyl (C=O) groups excluding carboxylic acids is 1. The third-order valence-corrected chi connectivity index (χ3v) is 4.11. The van der Waals surface area contributed by atoms with Crippen molar-refractivity contribution in [2.24, 2.45) is 0 Å². The maximum atomic E-state index is 12.0. The molecule has 0 aliphatic carbocycles. The van der Waals surface area contributed by atoms with Crippen LogP contribution in [0.1, 0.15) is 18.4 Å². The van der Waals surface area contributed by atoms with Crippen molar-refractivity contribution in [1.29, 1.82) is 5.26 Å². The minimum absolute atomic E-state index is 0.0518. The van der Waals surface area contributed by atoms with Gasteiger partial charge in [0.05, 0.1) is 6.10 Å². The van der Waals surface area contributed by atoms with E-state index in [9.17, 15) is 4.79 Å². The summed E-state index contributed by atoms with van der Waals surface area (Å²) in [6, 6.07) is 7.84. The van der Waals surface area contributed by atoms with Gasteiger partial charge in [-0.05, 0) is 66.1 Å². The van der Waals surface area contributed by atoms with Gasteiger partial charge in [0.1, 0.15) is 11.6 Å². The monoisotopic (exact) mass is 411 g/mol. The lowest BCUT2D eigenvalue weighted by Gasteiger charge is -2.10. The molecule has 22 heavy (non-hydrogen) atoms. The van der Waals surface area contributed by atoms with Crippen LogP contribution in [0.3, 0.4) is 0 Å². The lowest BCUT2D eigenvalue weighted by Crippen LogP contribution is -2.32. The smallest absolute Gasteiger partial charge is 0.263 e. The predicted octanol–water partition coefficient (Wildman–Crippen LogP) is 2.71. The van der Waals surface area contributed by atoms with E-state index in [-0.39, 0.29) is 17.6 Å². The number of nitriles is 1. The zero-order chi connectivity index (χ0) is 15.9. The van der Waals surface area contributed by atoms with Crippen LogP contribution in [0.4, 0.5) is 5.69 Å². The molecule has 1 aliphatic heterocycles. The van der Waals surface area contributed by atoms with Crippen LogP contribution in [0.25, 0.3) is 0 Å². The summed E-state index contributed by atoms with van der Waals surface area (Å²) in [5.41, 5.74) is 1.98. The van der Waals surface area contributed by atoms with Gasteiger partial charge in [-0.3, -0.25) is 4.79 Å². The number of hydrogen-bond donors (Lipinski definition) is 2. The summed E-state index contributed by atoms with van der Waals surface area (Å²) in [5, 5.41) is 14.9. The van der Waals surface area contributed by atoms with Crippen LogP contribution < -0.4 is 10.6 Å². The minimum atomic E-state index is -0.381. The number of nitrogens with zero attached hydrogens (tertiary/aromatic N) is 1. The molecule has 0 aromatic heterocycles. The van der Waals surface area contributed by atoms with E-state index in [4.69, 9.17) is 10.00 Å². The van der Waals surface area contributed by atoms with Crippen molar-refractivity contribution in [2.75, 3.05) is 18.5 Å². The topological polar surface area (TPSA) is 74.2 Å². The molecule has 0 saturated carbocycles. The highest BCUT2D eigenvalue weighted by Gasteiger charge is 2.17. The highest BCUT2D eigenvalue weighted by molar-refractivity contribution is 14.1. The van der Waals surface area contributed by atoms with Crippen molar-refractivity contribution in [3.63, 3.8) is 0 Å². The molecule has 1 atom stereocenters. The molecule has 0 spiro atoms. The Morgan fingerprint density at radius 1 is 1.59 bits per heavy atom. The number of carbonyl (C=O) groups is 1. The lowest BCUT2D eigenvalue weighted by atomic mass is 10.2. The van der Waals surface area contributed by atoms with E-state index in [1.54, 1.807) is 0 Å². The van der Waals surface area contributed by atoms with Gasteiger partial charge in [0.15, 0.2) is 0 Å². The number of benzene rings is 1. The summed E-state index contributed by atoms with van der Waals surface area (Å²) in [7, 11) is 0. The van der Waals surface area contributed by atoms with E-state index in [0.717, 1.165) is 34.3 Å². The SMILES string of the molecule is Cc1cc(I)ccc1N/C=C(/C#N)C(=O)NCC1CCCO1. The Bertz CT molecular complexity index is 616. The predicted molar refractivity (Wildman–Crippen MR) is 93.2 cm³/mol. The third kappa shape index (κ3) is 4.71. The highest BCUT2D eigenvalue weighted by atomic mass is 127. The van der Waals surface area contributed by atoms with Crippen molar-refractivity contribution in [3.8, 4) is 6.07 Å². The number of anilines is 1. The molecule has 1 fully saturated rings. The van der Waals surface area contributed by atoms with Crippen molar-refractivity contribution in [3.05, 3.63) is 39.1 Å². The van der Waals surface area contributed by atoms with E-state index < -0.39 is 0 Å². The first-order valence-electron chi connectivity index (χ1n) is 7.13. The van der Waals surface area contributed by atoms with Crippen LogP contribution in [0.15, 0.2) is 30.0 Å². The van der Waals surface area contributed by atoms with Gasteiger partial charge in [0, 0.05) is 28.6 Å². The number of nitrogens with one attached hydrogen (secondary N) is 2. The molecule has 1 unspecified atom stereocenters. The second-order valence-electron chi connectivity index (χ2n) is 5.12. The van der Waals surface area contributed by atoms with Gasteiger partial charge in [-0.15, -0.1) is 0 Å². The van der Waals surface area contributed by atoms with Gasteiger partial charge in [-0.1, -0.05) is 0 Å². The van der Waals surface area contributed by atoms with Gasteiger partial charge in [-0.2, -0.15) is 5.26 Å². The Kier molecular flexibility index (Phi) is 6.21. The van der Waals surface area contributed by atoms with Crippen molar-refractivity contribution >= 4 is 34.2 Å². The second kappa shape index (κ2) is 8.15. The lowest BCUT2D eigenvalue weighted by molar-refractivity contribution is -0.117. The molecule has 2 N–H and O–H groups in total. The molecule has 116 valence electrons. The molecule has 1 aliphatic rings. The van der Waals surface area contributed by atoms with E-state index in [1.807, 2.05) is 31.2 Å². The molecule has 1 aromatic rings. The fourth-order valence-corrected chi connectivity index (χ4v) is 2.84. The standard InChI is InChI=1S/C16H18IN3O2/c1-11-7-13(17)4-5-15(11)19-9-12(8-18)16(21)20-10-14-3-2-6-22-14/h4-5,7,9,14,19H,2-3,6,10H2,1H3,(H,20,21)/b12-9-. The van der Waals surface area contributed by atoms with E-state index in [1.165, 1.54) is 6.20 Å². The van der Waals surface area contributed by atoms with Gasteiger partial charge < -0.3 is 15.4 Å². The first-order valence-corrected chi connectivity index (χ1v) is 8.21. The van der Waals surface area contributed by atoms with Crippen LogP contribution in [0, 0.1) is 21.8 Å². The maximum Gasteiger partial charge on any atom is 0.263 e. The van der Waals surface area contributed by atoms with E-state index in [2.05, 4.69) is 33.2 Å². The Labute approximate surface area is 143 Å². The molecule has 5 nitrogen and oxygen atoms in total. The molecule has 1 heterocycles. The zero-order valence-corrected chi connectivity index (χ0v) is 14.5. The number of aryl methyl sites for hydroxylation is 1. The summed E-state index contributed by atoms with van der Waals surface area (Å²) in [5.74, 6) is -0.381. The second-order valence-corrected chi connectivity index (χ2v) is 6.36. The van der Waals surface area contributed by atoms with Crippen molar-refractivity contribution in [1.82, 2.24) is 5.32 Å². The average Bonchev–Trinajstić information content (AvgIpc) is 3.01. The van der Waals surface area contributed by atoms with Gasteiger partial charge >= 0.3 is 0 Å². The number of ether oxygens (including phenoxy) is 1. The van der Waals surface area contributed by atoms with Crippen LogP contribution in [0.2, 0.25) is 0 Å². The Morgan fingerprint density at radius 2 is 2.41 bits per heavy atom. The molecular formula is C16H18IN3O2. The van der Waals surface area contributed by atoms with Gasteiger partial charge in [-0.25, -0.2) is 0 Å². The average molecular weight is 411 g/mol. The van der Waals surface area contributed by atoms with Gasteiger partial charge in [0.2, 0.25) is 0 Å². The van der Waals surface area contributed by atoms with E-state index in [0.29, 0.717) is 6.54 Å². The fraction of sp³-hybridized carbons (Fsp3) is 0.375. The molecule has 2 rings (SSSR count). The highest BCUT2D eigenvalue weighted by Crippen LogP contribution is 2.18. The molecule has 6 heteroatoms. The number of rotatable bonds is 5. The quantitative estimate of drug-likeness (QED) is 0.444. The Morgan fingerprint density at radius 3 is 3.05 bits per heavy atom. The van der Waals surface area contributed by atoms with Crippen LogP contribution >= 0.6 is 22.6 Å². The molecule has 1 amide bonds. The van der Waals surface area contributed by atoms with E-state index >= 15 is 0 Å². The maximum absolute atomic E-state index is 12.0. The summed E-state index contributed by atoms with van der Waals surface area (Å²) in [6.45, 7) is 3.16. The largest absolute Gasteiger partial charge is 0.376 e. The normalized spacial score (nSPS) is 17.9. The van der Waals surface area contributed by atoms with Crippen LogP contribution in [-0.4, -0.2) is 25.2 Å².